The summed E-state index contributed by atoms with van der Waals surface area (Å²) in [6, 6.07) is 14.6. The maximum Gasteiger partial charge on any atom is 0.330 e. The zero-order chi connectivity index (χ0) is 32.5. The Labute approximate surface area is 259 Å². The lowest BCUT2D eigenvalue weighted by molar-refractivity contribution is -0.125. The Morgan fingerprint density at radius 2 is 1.57 bits per heavy atom. The lowest BCUT2D eigenvalue weighted by Gasteiger charge is -2.21. The maximum atomic E-state index is 12.9. The van der Waals surface area contributed by atoms with Gasteiger partial charge in [-0.05, 0) is 38.0 Å². The third-order valence-corrected chi connectivity index (χ3v) is 8.15. The van der Waals surface area contributed by atoms with E-state index in [1.54, 1.807) is 26.0 Å². The first-order chi connectivity index (χ1) is 20.7. The lowest BCUT2D eigenvalue weighted by atomic mass is 9.92. The molecule has 0 aliphatic heterocycles. The van der Waals surface area contributed by atoms with Crippen molar-refractivity contribution in [2.75, 3.05) is 13.7 Å². The first kappa shape index (κ1) is 32.2. The number of nitrogens with zero attached hydrogens (tertiary/aromatic N) is 3. The van der Waals surface area contributed by atoms with E-state index in [0.717, 1.165) is 15.7 Å². The number of halogens is 1. The number of rotatable bonds is 10. The van der Waals surface area contributed by atoms with Gasteiger partial charge in [0.05, 0.1) is 28.9 Å². The Kier molecular flexibility index (Phi) is 9.12. The fourth-order valence-corrected chi connectivity index (χ4v) is 5.36. The van der Waals surface area contributed by atoms with Gasteiger partial charge in [0.25, 0.3) is 11.5 Å². The summed E-state index contributed by atoms with van der Waals surface area (Å²) in [5.41, 5.74) is 13.5. The molecule has 0 spiro atoms. The molecule has 0 radical (unpaired) electrons. The van der Waals surface area contributed by atoms with Crippen molar-refractivity contribution in [1.82, 2.24) is 19.4 Å². The third-order valence-electron chi connectivity index (χ3n) is 7.75. The average Bonchev–Trinajstić information content (AvgIpc) is 2.98. The van der Waals surface area contributed by atoms with E-state index < -0.39 is 28.5 Å². The Bertz CT molecular complexity index is 1910. The number of ether oxygens (including phenoxy) is 1. The summed E-state index contributed by atoms with van der Waals surface area (Å²) in [4.78, 5) is 54.4. The molecule has 0 atom stereocenters. The zero-order valence-electron chi connectivity index (χ0n) is 25.4. The van der Waals surface area contributed by atoms with Crippen LogP contribution in [0.4, 0.5) is 0 Å². The van der Waals surface area contributed by atoms with Crippen molar-refractivity contribution >= 4 is 23.4 Å². The fourth-order valence-electron chi connectivity index (χ4n) is 5.03. The van der Waals surface area contributed by atoms with Gasteiger partial charge in [-0.3, -0.25) is 23.5 Å². The van der Waals surface area contributed by atoms with Gasteiger partial charge in [-0.15, -0.1) is 0 Å². The highest BCUT2D eigenvalue weighted by atomic mass is 35.5. The van der Waals surface area contributed by atoms with Crippen molar-refractivity contribution in [2.24, 2.45) is 31.0 Å². The molecule has 4 rings (SSSR count). The van der Waals surface area contributed by atoms with Gasteiger partial charge < -0.3 is 21.5 Å². The summed E-state index contributed by atoms with van der Waals surface area (Å²) in [6.45, 7) is 6.15. The SMILES string of the molecule is COc1nc(-c2cccc(-c3cccc(-c4c(C(N)=O)c(=O)n(C)c(=O)n4C)c3C)c2Cl)ccc1CNCC(C)(C)C(N)=O. The second-order valence-electron chi connectivity index (χ2n) is 11.2. The number of primary amides is 2. The minimum atomic E-state index is -0.934. The monoisotopic (exact) mass is 618 g/mol. The van der Waals surface area contributed by atoms with Crippen LogP contribution in [0.2, 0.25) is 5.02 Å². The molecule has 0 aliphatic carbocycles. The lowest BCUT2D eigenvalue weighted by Crippen LogP contribution is -2.42. The number of methoxy groups -OCH3 is 1. The predicted molar refractivity (Wildman–Crippen MR) is 171 cm³/mol. The molecule has 11 nitrogen and oxygen atoms in total. The van der Waals surface area contributed by atoms with Gasteiger partial charge in [0.15, 0.2) is 0 Å². The molecule has 12 heteroatoms. The number of nitrogens with two attached hydrogens (primary N) is 2. The molecule has 2 aromatic carbocycles. The van der Waals surface area contributed by atoms with Crippen LogP contribution in [0.3, 0.4) is 0 Å². The molecule has 4 aromatic rings. The molecular weight excluding hydrogens is 584 g/mol. The number of benzene rings is 2. The van der Waals surface area contributed by atoms with E-state index >= 15 is 0 Å². The van der Waals surface area contributed by atoms with Crippen molar-refractivity contribution in [2.45, 2.75) is 27.3 Å². The van der Waals surface area contributed by atoms with Crippen LogP contribution >= 0.6 is 11.6 Å². The van der Waals surface area contributed by atoms with Crippen molar-refractivity contribution in [3.63, 3.8) is 0 Å². The zero-order valence-corrected chi connectivity index (χ0v) is 26.2. The Hall–Kier alpha value is -4.74. The normalized spacial score (nSPS) is 11.4. The number of amides is 2. The van der Waals surface area contributed by atoms with E-state index in [1.807, 2.05) is 43.3 Å². The van der Waals surface area contributed by atoms with Crippen molar-refractivity contribution in [3.05, 3.63) is 91.1 Å². The number of pyridine rings is 1. The first-order valence-corrected chi connectivity index (χ1v) is 14.1. The van der Waals surface area contributed by atoms with E-state index in [2.05, 4.69) is 5.32 Å². The summed E-state index contributed by atoms with van der Waals surface area (Å²) in [5.74, 6) is -0.931. The fraction of sp³-hybridized carbons (Fsp3) is 0.281. The molecule has 2 heterocycles. The van der Waals surface area contributed by atoms with E-state index in [-0.39, 0.29) is 11.3 Å². The van der Waals surface area contributed by atoms with E-state index in [1.165, 1.54) is 25.8 Å². The average molecular weight is 619 g/mol. The van der Waals surface area contributed by atoms with Crippen molar-refractivity contribution < 1.29 is 14.3 Å². The molecular formula is C32H35ClN6O5. The number of hydrogen-bond donors (Lipinski definition) is 3. The van der Waals surface area contributed by atoms with Crippen molar-refractivity contribution in [1.29, 1.82) is 0 Å². The number of carbonyl (C=O) groups is 2. The van der Waals surface area contributed by atoms with Crippen molar-refractivity contribution in [3.8, 4) is 39.5 Å². The largest absolute Gasteiger partial charge is 0.481 e. The van der Waals surface area contributed by atoms with Crippen LogP contribution in [0.5, 0.6) is 5.88 Å². The Morgan fingerprint density at radius 3 is 2.18 bits per heavy atom. The van der Waals surface area contributed by atoms with Crippen LogP contribution in [0.25, 0.3) is 33.6 Å². The van der Waals surface area contributed by atoms with Gasteiger partial charge >= 0.3 is 5.69 Å². The third kappa shape index (κ3) is 5.88. The topological polar surface area (TPSA) is 164 Å². The molecule has 5 N–H and O–H groups in total. The van der Waals surface area contributed by atoms with Gasteiger partial charge in [0.2, 0.25) is 11.8 Å². The summed E-state index contributed by atoms with van der Waals surface area (Å²) in [7, 11) is 4.31. The Morgan fingerprint density at radius 1 is 0.955 bits per heavy atom. The molecule has 0 saturated carbocycles. The summed E-state index contributed by atoms with van der Waals surface area (Å²) < 4.78 is 7.66. The molecule has 2 amide bonds. The molecule has 0 aliphatic rings. The highest BCUT2D eigenvalue weighted by Gasteiger charge is 2.25. The molecule has 0 fully saturated rings. The first-order valence-electron chi connectivity index (χ1n) is 13.7. The van der Waals surface area contributed by atoms with Gasteiger partial charge in [-0.25, -0.2) is 9.78 Å². The van der Waals surface area contributed by atoms with E-state index in [9.17, 15) is 19.2 Å². The predicted octanol–water partition coefficient (Wildman–Crippen LogP) is 3.15. The quantitative estimate of drug-likeness (QED) is 0.246. The molecule has 2 aromatic heterocycles. The van der Waals surface area contributed by atoms with E-state index in [0.29, 0.717) is 51.9 Å². The van der Waals surface area contributed by atoms with Crippen LogP contribution in [0.1, 0.15) is 35.3 Å². The number of aromatic nitrogens is 3. The molecule has 0 saturated heterocycles. The van der Waals surface area contributed by atoms with E-state index in [4.69, 9.17) is 32.8 Å². The highest BCUT2D eigenvalue weighted by Crippen LogP contribution is 2.40. The Balaban J connectivity index is 1.78. The summed E-state index contributed by atoms with van der Waals surface area (Å²) >= 11 is 7.01. The van der Waals surface area contributed by atoms with Crippen LogP contribution in [-0.2, 0) is 25.4 Å². The smallest absolute Gasteiger partial charge is 0.330 e. The summed E-state index contributed by atoms with van der Waals surface area (Å²) in [5, 5.41) is 3.65. The van der Waals surface area contributed by atoms with Gasteiger partial charge in [-0.2, -0.15) is 0 Å². The van der Waals surface area contributed by atoms with Gasteiger partial charge in [0, 0.05) is 49.4 Å². The summed E-state index contributed by atoms with van der Waals surface area (Å²) in [6.07, 6.45) is 0. The second-order valence-corrected chi connectivity index (χ2v) is 11.5. The van der Waals surface area contributed by atoms with Crippen LogP contribution in [-0.4, -0.2) is 39.6 Å². The number of hydrogen-bond acceptors (Lipinski definition) is 7. The van der Waals surface area contributed by atoms with Crippen LogP contribution < -0.4 is 32.8 Å². The minimum Gasteiger partial charge on any atom is -0.481 e. The molecule has 0 unspecified atom stereocenters. The minimum absolute atomic E-state index is 0.132. The van der Waals surface area contributed by atoms with Gasteiger partial charge in [-0.1, -0.05) is 54.1 Å². The highest BCUT2D eigenvalue weighted by molar-refractivity contribution is 6.36. The van der Waals surface area contributed by atoms with Crippen LogP contribution in [0, 0.1) is 12.3 Å². The van der Waals surface area contributed by atoms with Gasteiger partial charge in [0.1, 0.15) is 5.56 Å². The molecule has 230 valence electrons. The second kappa shape index (κ2) is 12.5. The number of carbonyl (C=O) groups excluding carboxylic acids is 2. The standard InChI is InChI=1S/C32H35ClN6O5/c1-17-19(9-7-10-20(17)26-24(27(34)40)29(41)39(5)31(43)38(26)4)21-11-8-12-22(25(21)33)23-14-13-18(28(37-23)44-6)15-36-16-32(2,3)30(35)42/h7-14,36H,15-16H2,1-6H3,(H2,34,40)(H2,35,42). The van der Waals surface area contributed by atoms with Crippen LogP contribution in [0.15, 0.2) is 58.1 Å². The maximum absolute atomic E-state index is 12.9. The molecule has 0 bridgehead atoms. The molecule has 44 heavy (non-hydrogen) atoms. The number of nitrogens with one attached hydrogen (secondary N) is 1.